The molecule has 0 aliphatic carbocycles. The molecule has 0 bridgehead atoms. The number of Topliss-reactive ketones (excluding diaryl/α,β-unsaturated/α-hetero) is 1. The van der Waals surface area contributed by atoms with Crippen LogP contribution >= 0.6 is 0 Å². The van der Waals surface area contributed by atoms with Gasteiger partial charge in [-0.05, 0) is 6.92 Å². The van der Waals surface area contributed by atoms with E-state index < -0.39 is 23.8 Å². The number of carboxylic acids is 1. The Bertz CT molecular complexity index is 265. The molecular formula is C9H16N2O4. The number of hydrogen-bond donors (Lipinski definition) is 3. The summed E-state index contributed by atoms with van der Waals surface area (Å²) in [4.78, 5) is 32.6. The van der Waals surface area contributed by atoms with E-state index in [0.717, 1.165) is 0 Å². The normalized spacial score (nSPS) is 14.1. The Morgan fingerprint density at radius 3 is 2.27 bits per heavy atom. The predicted molar refractivity (Wildman–Crippen MR) is 53.1 cm³/mol. The van der Waals surface area contributed by atoms with Crippen molar-refractivity contribution < 1.29 is 19.5 Å². The van der Waals surface area contributed by atoms with Gasteiger partial charge in [0.1, 0.15) is 0 Å². The van der Waals surface area contributed by atoms with E-state index in [-0.39, 0.29) is 18.7 Å². The minimum absolute atomic E-state index is 0.0147. The molecule has 6 nitrogen and oxygen atoms in total. The molecule has 86 valence electrons. The number of hydrogen-bond acceptors (Lipinski definition) is 4. The molecule has 4 N–H and O–H groups in total. The molecule has 1 unspecified atom stereocenters. The third kappa shape index (κ3) is 5.11. The van der Waals surface area contributed by atoms with Gasteiger partial charge in [-0.15, -0.1) is 0 Å². The van der Waals surface area contributed by atoms with Crippen LogP contribution in [0.3, 0.4) is 0 Å². The van der Waals surface area contributed by atoms with Crippen molar-refractivity contribution in [1.82, 2.24) is 5.32 Å². The van der Waals surface area contributed by atoms with E-state index in [9.17, 15) is 14.4 Å². The van der Waals surface area contributed by atoms with Crippen LogP contribution in [0.5, 0.6) is 0 Å². The van der Waals surface area contributed by atoms with E-state index in [1.165, 1.54) is 13.8 Å². The Kier molecular flexibility index (Phi) is 5.54. The summed E-state index contributed by atoms with van der Waals surface area (Å²) in [5.41, 5.74) is 5.27. The first kappa shape index (κ1) is 13.6. The summed E-state index contributed by atoms with van der Waals surface area (Å²) in [6.07, 6.45) is -0.263. The van der Waals surface area contributed by atoms with Crippen molar-refractivity contribution in [2.75, 3.05) is 6.54 Å². The van der Waals surface area contributed by atoms with Crippen LogP contribution in [0.2, 0.25) is 0 Å². The molecule has 0 fully saturated rings. The molecule has 1 amide bonds. The van der Waals surface area contributed by atoms with Gasteiger partial charge in [0, 0.05) is 12.5 Å². The van der Waals surface area contributed by atoms with E-state index in [4.69, 9.17) is 10.8 Å². The van der Waals surface area contributed by atoms with Gasteiger partial charge in [0.2, 0.25) is 5.91 Å². The number of nitrogens with two attached hydrogens (primary N) is 1. The van der Waals surface area contributed by atoms with Gasteiger partial charge in [-0.1, -0.05) is 6.92 Å². The number of carboxylic acid groups (broad SMARTS) is 1. The number of carbonyl (C=O) groups is 3. The zero-order valence-corrected chi connectivity index (χ0v) is 8.82. The summed E-state index contributed by atoms with van der Waals surface area (Å²) < 4.78 is 0. The fraction of sp³-hybridized carbons (Fsp3) is 0.667. The molecular weight excluding hydrogens is 200 g/mol. The van der Waals surface area contributed by atoms with Crippen molar-refractivity contribution in [2.24, 2.45) is 11.7 Å². The maximum atomic E-state index is 11.4. The van der Waals surface area contributed by atoms with Gasteiger partial charge in [-0.25, -0.2) is 0 Å². The predicted octanol–water partition coefficient (Wildman–Crippen LogP) is -0.870. The van der Waals surface area contributed by atoms with Crippen molar-refractivity contribution in [3.8, 4) is 0 Å². The van der Waals surface area contributed by atoms with E-state index in [1.807, 2.05) is 0 Å². The quantitative estimate of drug-likeness (QED) is 0.534. The van der Waals surface area contributed by atoms with E-state index in [1.54, 1.807) is 0 Å². The second kappa shape index (κ2) is 6.13. The molecule has 0 heterocycles. The Morgan fingerprint density at radius 1 is 1.40 bits per heavy atom. The van der Waals surface area contributed by atoms with Crippen molar-refractivity contribution in [3.63, 3.8) is 0 Å². The maximum Gasteiger partial charge on any atom is 0.304 e. The van der Waals surface area contributed by atoms with Gasteiger partial charge < -0.3 is 16.2 Å². The Hall–Kier alpha value is -1.43. The first-order valence-electron chi connectivity index (χ1n) is 4.61. The van der Waals surface area contributed by atoms with Crippen molar-refractivity contribution in [1.29, 1.82) is 0 Å². The number of rotatable bonds is 6. The Balaban J connectivity index is 4.21. The summed E-state index contributed by atoms with van der Waals surface area (Å²) in [5, 5.41) is 10.9. The monoisotopic (exact) mass is 216 g/mol. The average Bonchev–Trinajstić information content (AvgIpc) is 2.11. The number of amides is 1. The van der Waals surface area contributed by atoms with Crippen LogP contribution in [0, 0.1) is 5.92 Å². The highest BCUT2D eigenvalue weighted by atomic mass is 16.4. The lowest BCUT2D eigenvalue weighted by Gasteiger charge is -2.16. The highest BCUT2D eigenvalue weighted by Gasteiger charge is 2.21. The van der Waals surface area contributed by atoms with Crippen LogP contribution in [0.4, 0.5) is 0 Å². The van der Waals surface area contributed by atoms with Crippen LogP contribution in [-0.2, 0) is 14.4 Å². The molecule has 0 aliphatic rings. The zero-order valence-electron chi connectivity index (χ0n) is 8.82. The minimum Gasteiger partial charge on any atom is -0.481 e. The standard InChI is InChI=1S/C9H16N2O4/c1-5(3-8(13)14)9(15)11-7(4-10)6(2)12/h5,7H,3-4,10H2,1-2H3,(H,11,15)(H,13,14)/t5?,7-/m0/s1. The molecule has 0 radical (unpaired) electrons. The number of aliphatic carboxylic acids is 1. The lowest BCUT2D eigenvalue weighted by molar-refractivity contribution is -0.141. The largest absolute Gasteiger partial charge is 0.481 e. The average molecular weight is 216 g/mol. The summed E-state index contributed by atoms with van der Waals surface area (Å²) >= 11 is 0. The van der Waals surface area contributed by atoms with Crippen LogP contribution < -0.4 is 11.1 Å². The molecule has 0 spiro atoms. The molecule has 0 aromatic heterocycles. The van der Waals surface area contributed by atoms with Crippen LogP contribution in [0.1, 0.15) is 20.3 Å². The van der Waals surface area contributed by atoms with Gasteiger partial charge in [-0.2, -0.15) is 0 Å². The van der Waals surface area contributed by atoms with Crippen LogP contribution in [0.25, 0.3) is 0 Å². The highest BCUT2D eigenvalue weighted by Crippen LogP contribution is 2.02. The van der Waals surface area contributed by atoms with E-state index in [0.29, 0.717) is 0 Å². The van der Waals surface area contributed by atoms with Gasteiger partial charge in [-0.3, -0.25) is 14.4 Å². The fourth-order valence-electron chi connectivity index (χ4n) is 0.995. The lowest BCUT2D eigenvalue weighted by atomic mass is 10.1. The number of nitrogens with one attached hydrogen (secondary N) is 1. The molecule has 2 atom stereocenters. The van der Waals surface area contributed by atoms with Crippen molar-refractivity contribution in [3.05, 3.63) is 0 Å². The molecule has 0 rings (SSSR count). The number of ketones is 1. The summed E-state index contributed by atoms with van der Waals surface area (Å²) in [6.45, 7) is 2.82. The van der Waals surface area contributed by atoms with Crippen LogP contribution in [-0.4, -0.2) is 35.4 Å². The smallest absolute Gasteiger partial charge is 0.304 e. The van der Waals surface area contributed by atoms with Crippen molar-refractivity contribution >= 4 is 17.7 Å². The van der Waals surface area contributed by atoms with E-state index >= 15 is 0 Å². The number of carbonyl (C=O) groups excluding carboxylic acids is 2. The zero-order chi connectivity index (χ0) is 12.0. The molecule has 0 saturated carbocycles. The van der Waals surface area contributed by atoms with Gasteiger partial charge in [0.05, 0.1) is 12.5 Å². The second-order valence-corrected chi connectivity index (χ2v) is 3.41. The molecule has 6 heteroatoms. The molecule has 0 aromatic rings. The van der Waals surface area contributed by atoms with E-state index in [2.05, 4.69) is 5.32 Å². The Morgan fingerprint density at radius 2 is 1.93 bits per heavy atom. The molecule has 15 heavy (non-hydrogen) atoms. The Labute approximate surface area is 87.8 Å². The SMILES string of the molecule is CC(=O)[C@H](CN)NC(=O)C(C)CC(=O)O. The summed E-state index contributed by atoms with van der Waals surface area (Å²) in [5.74, 6) is -2.43. The fourth-order valence-corrected chi connectivity index (χ4v) is 0.995. The minimum atomic E-state index is -1.05. The second-order valence-electron chi connectivity index (χ2n) is 3.41. The highest BCUT2D eigenvalue weighted by molar-refractivity contribution is 5.89. The molecule has 0 aromatic carbocycles. The topological polar surface area (TPSA) is 109 Å². The first-order chi connectivity index (χ1) is 6.88. The first-order valence-corrected chi connectivity index (χ1v) is 4.61. The lowest BCUT2D eigenvalue weighted by Crippen LogP contribution is -2.46. The third-order valence-electron chi connectivity index (χ3n) is 1.97. The van der Waals surface area contributed by atoms with Gasteiger partial charge in [0.25, 0.3) is 0 Å². The third-order valence-corrected chi connectivity index (χ3v) is 1.97. The molecule has 0 saturated heterocycles. The maximum absolute atomic E-state index is 11.4. The summed E-state index contributed by atoms with van der Waals surface area (Å²) in [6, 6.07) is -0.728. The molecule has 0 aliphatic heterocycles. The van der Waals surface area contributed by atoms with Gasteiger partial charge in [0.15, 0.2) is 5.78 Å². The summed E-state index contributed by atoms with van der Waals surface area (Å²) in [7, 11) is 0. The van der Waals surface area contributed by atoms with Crippen LogP contribution in [0.15, 0.2) is 0 Å². The van der Waals surface area contributed by atoms with Gasteiger partial charge >= 0.3 is 5.97 Å². The van der Waals surface area contributed by atoms with Crippen molar-refractivity contribution in [2.45, 2.75) is 26.3 Å².